The smallest absolute Gasteiger partial charge is 0.255 e. The van der Waals surface area contributed by atoms with Gasteiger partial charge in [0, 0.05) is 10.6 Å². The van der Waals surface area contributed by atoms with E-state index in [9.17, 15) is 14.3 Å². The van der Waals surface area contributed by atoms with Crippen LogP contribution in [0.5, 0.6) is 5.75 Å². The predicted octanol–water partition coefficient (Wildman–Crippen LogP) is 3.59. The lowest BCUT2D eigenvalue weighted by Gasteiger charge is -2.49. The molecule has 0 atom stereocenters. The van der Waals surface area contributed by atoms with Gasteiger partial charge in [0.05, 0.1) is 5.56 Å². The van der Waals surface area contributed by atoms with E-state index in [1.54, 1.807) is 0 Å². The molecule has 20 heavy (non-hydrogen) atoms. The predicted molar refractivity (Wildman–Crippen MR) is 74.9 cm³/mol. The number of hydrogen-bond acceptors (Lipinski definition) is 2. The molecule has 0 heterocycles. The summed E-state index contributed by atoms with van der Waals surface area (Å²) in [4.78, 5) is 12.3. The molecular formula is C15H17ClFNO2. The summed E-state index contributed by atoms with van der Waals surface area (Å²) in [6, 6.07) is 4.39. The first-order valence-electron chi connectivity index (χ1n) is 6.92. The summed E-state index contributed by atoms with van der Waals surface area (Å²) in [5, 5.41) is 13.2. The highest BCUT2D eigenvalue weighted by Gasteiger charge is 2.49. The summed E-state index contributed by atoms with van der Waals surface area (Å²) in [5.74, 6) is -0.423. The molecule has 3 aliphatic rings. The van der Waals surface area contributed by atoms with E-state index in [-0.39, 0.29) is 22.8 Å². The van der Waals surface area contributed by atoms with Gasteiger partial charge in [-0.05, 0) is 56.7 Å². The fourth-order valence-electron chi connectivity index (χ4n) is 3.33. The van der Waals surface area contributed by atoms with Gasteiger partial charge in [0.15, 0.2) is 0 Å². The molecule has 1 amide bonds. The van der Waals surface area contributed by atoms with E-state index in [1.165, 1.54) is 18.2 Å². The zero-order valence-electron chi connectivity index (χ0n) is 11.1. The van der Waals surface area contributed by atoms with E-state index in [0.717, 1.165) is 0 Å². The van der Waals surface area contributed by atoms with Crippen LogP contribution in [-0.2, 0) is 0 Å². The van der Waals surface area contributed by atoms with Crippen LogP contribution < -0.4 is 5.32 Å². The first kappa shape index (κ1) is 13.7. The summed E-state index contributed by atoms with van der Waals surface area (Å²) in [7, 11) is 0. The molecule has 5 heteroatoms. The highest BCUT2D eigenvalue weighted by Crippen LogP contribution is 2.49. The summed E-state index contributed by atoms with van der Waals surface area (Å²) in [6.07, 6.45) is 3.52. The largest absolute Gasteiger partial charge is 0.507 e. The van der Waals surface area contributed by atoms with Crippen LogP contribution >= 0.6 is 11.6 Å². The number of nitrogens with one attached hydrogen (secondary N) is 1. The number of hydrogen-bond donors (Lipinski definition) is 2. The van der Waals surface area contributed by atoms with Crippen molar-refractivity contribution in [2.75, 3.05) is 0 Å². The molecule has 0 radical (unpaired) electrons. The molecule has 0 saturated heterocycles. The first-order valence-corrected chi connectivity index (χ1v) is 7.29. The molecule has 3 saturated carbocycles. The Hall–Kier alpha value is -1.29. The van der Waals surface area contributed by atoms with E-state index in [2.05, 4.69) is 5.32 Å². The summed E-state index contributed by atoms with van der Waals surface area (Å²) < 4.78 is 14.1. The summed E-state index contributed by atoms with van der Waals surface area (Å²) in [5.41, 5.74) is -1.17. The molecule has 2 bridgehead atoms. The lowest BCUT2D eigenvalue weighted by atomic mass is 9.64. The Bertz CT molecular complexity index is 536. The van der Waals surface area contributed by atoms with Gasteiger partial charge in [-0.15, -0.1) is 0 Å². The van der Waals surface area contributed by atoms with E-state index in [4.69, 9.17) is 11.6 Å². The lowest BCUT2D eigenvalue weighted by molar-refractivity contribution is -0.00654. The first-order chi connectivity index (χ1) is 9.41. The Morgan fingerprint density at radius 2 is 1.80 bits per heavy atom. The number of benzene rings is 1. The number of rotatable bonds is 2. The second-order valence-corrected chi connectivity index (χ2v) is 6.48. The van der Waals surface area contributed by atoms with Crippen molar-refractivity contribution in [3.05, 3.63) is 28.8 Å². The quantitative estimate of drug-likeness (QED) is 0.876. The number of phenols is 1. The van der Waals surface area contributed by atoms with Crippen molar-refractivity contribution in [1.29, 1.82) is 0 Å². The maximum atomic E-state index is 14.1. The molecule has 3 nitrogen and oxygen atoms in total. The van der Waals surface area contributed by atoms with E-state index >= 15 is 0 Å². The summed E-state index contributed by atoms with van der Waals surface area (Å²) >= 11 is 5.86. The Kier molecular flexibility index (Phi) is 3.16. The van der Waals surface area contributed by atoms with Gasteiger partial charge in [-0.25, -0.2) is 4.39 Å². The van der Waals surface area contributed by atoms with Crippen LogP contribution in [0.25, 0.3) is 0 Å². The van der Waals surface area contributed by atoms with E-state index in [1.807, 2.05) is 0 Å². The molecule has 2 N–H and O–H groups in total. The van der Waals surface area contributed by atoms with Gasteiger partial charge in [-0.1, -0.05) is 11.6 Å². The molecule has 0 unspecified atom stereocenters. The van der Waals surface area contributed by atoms with Crippen molar-refractivity contribution in [2.24, 2.45) is 0 Å². The lowest BCUT2D eigenvalue weighted by Crippen LogP contribution is -2.57. The molecule has 1 aromatic carbocycles. The van der Waals surface area contributed by atoms with Gasteiger partial charge < -0.3 is 10.4 Å². The molecule has 3 fully saturated rings. The molecule has 4 rings (SSSR count). The number of aromatic hydroxyl groups is 1. The second-order valence-electron chi connectivity index (χ2n) is 6.05. The Labute approximate surface area is 122 Å². The monoisotopic (exact) mass is 297 g/mol. The SMILES string of the molecule is O=C(NC12CCC(F)(CC1)CC2)c1cc(Cl)ccc1O. The van der Waals surface area contributed by atoms with Crippen molar-refractivity contribution in [3.63, 3.8) is 0 Å². The number of fused-ring (bicyclic) bond motifs is 3. The molecular weight excluding hydrogens is 281 g/mol. The van der Waals surface area contributed by atoms with Crippen LogP contribution in [0.3, 0.4) is 0 Å². The van der Waals surface area contributed by atoms with E-state index < -0.39 is 5.67 Å². The van der Waals surface area contributed by atoms with Crippen LogP contribution in [0.4, 0.5) is 4.39 Å². The van der Waals surface area contributed by atoms with Gasteiger partial charge in [-0.3, -0.25) is 4.79 Å². The number of phenolic OH excluding ortho intramolecular Hbond substituents is 1. The van der Waals surface area contributed by atoms with Gasteiger partial charge in [0.25, 0.3) is 5.91 Å². The van der Waals surface area contributed by atoms with Crippen molar-refractivity contribution >= 4 is 17.5 Å². The minimum absolute atomic E-state index is 0.0882. The van der Waals surface area contributed by atoms with Crippen molar-refractivity contribution in [2.45, 2.75) is 49.7 Å². The third-order valence-electron chi connectivity index (χ3n) is 4.74. The van der Waals surface area contributed by atoms with Crippen LogP contribution in [0.1, 0.15) is 48.9 Å². The molecule has 108 valence electrons. The molecule has 0 aliphatic heterocycles. The zero-order valence-corrected chi connectivity index (χ0v) is 11.8. The fourth-order valence-corrected chi connectivity index (χ4v) is 3.50. The maximum absolute atomic E-state index is 14.1. The number of carbonyl (C=O) groups excluding carboxylic acids is 1. The molecule has 0 aromatic heterocycles. The van der Waals surface area contributed by atoms with Crippen molar-refractivity contribution in [3.8, 4) is 5.75 Å². The van der Waals surface area contributed by atoms with Gasteiger partial charge in [0.1, 0.15) is 11.4 Å². The van der Waals surface area contributed by atoms with Crippen LogP contribution in [-0.4, -0.2) is 22.2 Å². The maximum Gasteiger partial charge on any atom is 0.255 e. The van der Waals surface area contributed by atoms with Gasteiger partial charge in [-0.2, -0.15) is 0 Å². The van der Waals surface area contributed by atoms with Crippen LogP contribution in [0, 0.1) is 0 Å². The number of amides is 1. The Balaban J connectivity index is 1.78. The van der Waals surface area contributed by atoms with Crippen molar-refractivity contribution in [1.82, 2.24) is 5.32 Å². The molecule has 1 aromatic rings. The molecule has 3 aliphatic carbocycles. The third-order valence-corrected chi connectivity index (χ3v) is 4.97. The highest BCUT2D eigenvalue weighted by atomic mass is 35.5. The minimum atomic E-state index is -1.02. The number of alkyl halides is 1. The summed E-state index contributed by atoms with van der Waals surface area (Å²) in [6.45, 7) is 0. The van der Waals surface area contributed by atoms with Crippen LogP contribution in [0.15, 0.2) is 18.2 Å². The minimum Gasteiger partial charge on any atom is -0.507 e. The highest BCUT2D eigenvalue weighted by molar-refractivity contribution is 6.31. The van der Waals surface area contributed by atoms with Crippen LogP contribution in [0.2, 0.25) is 5.02 Å². The second kappa shape index (κ2) is 4.62. The van der Waals surface area contributed by atoms with E-state index in [0.29, 0.717) is 43.5 Å². The Morgan fingerprint density at radius 1 is 1.20 bits per heavy atom. The number of halogens is 2. The Morgan fingerprint density at radius 3 is 2.40 bits per heavy atom. The third kappa shape index (κ3) is 2.37. The zero-order chi connectivity index (χ0) is 14.4. The van der Waals surface area contributed by atoms with Gasteiger partial charge >= 0.3 is 0 Å². The average Bonchev–Trinajstić information content (AvgIpc) is 2.43. The standard InChI is InChI=1S/C15H17ClFNO2/c16-10-1-2-12(19)11(9-10)13(20)18-15-6-3-14(17,4-7-15)5-8-15/h1-2,9,19H,3-8H2,(H,18,20). The van der Waals surface area contributed by atoms with Crippen molar-refractivity contribution < 1.29 is 14.3 Å². The van der Waals surface area contributed by atoms with Gasteiger partial charge in [0.2, 0.25) is 0 Å². The number of carbonyl (C=O) groups is 1. The normalized spacial score (nSPS) is 32.1. The fraction of sp³-hybridized carbons (Fsp3) is 0.533. The molecule has 0 spiro atoms. The average molecular weight is 298 g/mol. The topological polar surface area (TPSA) is 49.3 Å².